The van der Waals surface area contributed by atoms with Gasteiger partial charge in [0.2, 0.25) is 0 Å². The fraction of sp³-hybridized carbons (Fsp3) is 0.727. The second-order valence-electron chi connectivity index (χ2n) is 3.75. The lowest BCUT2D eigenvalue weighted by atomic mass is 10.2. The second-order valence-corrected chi connectivity index (χ2v) is 3.75. The zero-order valence-electron chi connectivity index (χ0n) is 11.5. The van der Waals surface area contributed by atoms with Gasteiger partial charge in [0.1, 0.15) is 18.9 Å². The average Bonchev–Trinajstić information content (AvgIpc) is 2.44. The van der Waals surface area contributed by atoms with Crippen LogP contribution in [0.5, 0.6) is 0 Å². The molecule has 10 N–H and O–H groups in total. The summed E-state index contributed by atoms with van der Waals surface area (Å²) in [7, 11) is 0. The fourth-order valence-electron chi connectivity index (χ4n) is 0.922. The first kappa shape index (κ1) is 23.5. The van der Waals surface area contributed by atoms with Crippen LogP contribution in [0.3, 0.4) is 0 Å². The van der Waals surface area contributed by atoms with Crippen molar-refractivity contribution < 1.29 is 24.6 Å². The van der Waals surface area contributed by atoms with Gasteiger partial charge in [-0.3, -0.25) is 9.59 Å². The van der Waals surface area contributed by atoms with Gasteiger partial charge in [-0.1, -0.05) is 0 Å². The van der Waals surface area contributed by atoms with Crippen LogP contribution in [-0.4, -0.2) is 54.1 Å². The Bertz CT molecular complexity index is 229. The molecule has 0 unspecified atom stereocenters. The Kier molecular flexibility index (Phi) is 20.5. The fourth-order valence-corrected chi connectivity index (χ4v) is 0.922. The van der Waals surface area contributed by atoms with Crippen LogP contribution in [0.4, 0.5) is 0 Å². The highest BCUT2D eigenvalue weighted by Gasteiger charge is 2.09. The summed E-state index contributed by atoms with van der Waals surface area (Å²) in [4.78, 5) is 28.1. The number of carboxylic acids is 2. The van der Waals surface area contributed by atoms with Crippen molar-refractivity contribution in [1.29, 1.82) is 0 Å². The Morgan fingerprint density at radius 3 is 1.25 bits per heavy atom. The van der Waals surface area contributed by atoms with Gasteiger partial charge in [0, 0.05) is 0 Å². The summed E-state index contributed by atoms with van der Waals surface area (Å²) in [5.41, 5.74) is 20.6. The molecule has 0 radical (unpaired) electrons. The molecule has 0 spiro atoms. The van der Waals surface area contributed by atoms with E-state index in [4.69, 9.17) is 37.9 Å². The van der Waals surface area contributed by atoms with Crippen LogP contribution in [-0.2, 0) is 14.4 Å². The molecule has 0 aliphatic heterocycles. The Morgan fingerprint density at radius 2 is 1.10 bits per heavy atom. The quantitative estimate of drug-likeness (QED) is 0.296. The molecule has 0 aromatic carbocycles. The minimum absolute atomic E-state index is 0.464. The SMILES string of the molecule is C=O.NCCC[C@@H](N)C(=O)O.NCCC[C@@H](N)C(=O)O. The highest BCUT2D eigenvalue weighted by molar-refractivity contribution is 5.73. The van der Waals surface area contributed by atoms with Crippen molar-refractivity contribution in [3.8, 4) is 0 Å². The van der Waals surface area contributed by atoms with E-state index >= 15 is 0 Å². The van der Waals surface area contributed by atoms with Gasteiger partial charge in [0.25, 0.3) is 0 Å². The maximum absolute atomic E-state index is 10.0. The number of carbonyl (C=O) groups excluding carboxylic acids is 1. The second kappa shape index (κ2) is 17.4. The summed E-state index contributed by atoms with van der Waals surface area (Å²) in [6.45, 7) is 3.00. The van der Waals surface area contributed by atoms with E-state index in [1.165, 1.54) is 0 Å². The number of nitrogens with two attached hydrogens (primary N) is 4. The maximum atomic E-state index is 10.0. The van der Waals surface area contributed by atoms with Crippen molar-refractivity contribution in [2.45, 2.75) is 37.8 Å². The van der Waals surface area contributed by atoms with Gasteiger partial charge in [-0.2, -0.15) is 0 Å². The average molecular weight is 294 g/mol. The van der Waals surface area contributed by atoms with Crippen molar-refractivity contribution in [2.24, 2.45) is 22.9 Å². The summed E-state index contributed by atoms with van der Waals surface area (Å²) in [6, 6.07) is -1.48. The molecule has 0 aromatic rings. The van der Waals surface area contributed by atoms with Gasteiger partial charge in [-0.25, -0.2) is 0 Å². The number of hydrogen-bond acceptors (Lipinski definition) is 7. The summed E-state index contributed by atoms with van der Waals surface area (Å²) in [5, 5.41) is 16.5. The minimum Gasteiger partial charge on any atom is -0.480 e. The first-order valence-corrected chi connectivity index (χ1v) is 6.02. The van der Waals surface area contributed by atoms with Crippen LogP contribution in [0.15, 0.2) is 0 Å². The molecule has 0 rings (SSSR count). The van der Waals surface area contributed by atoms with E-state index in [2.05, 4.69) is 0 Å². The third-order valence-electron chi connectivity index (χ3n) is 2.07. The van der Waals surface area contributed by atoms with Crippen molar-refractivity contribution in [2.75, 3.05) is 13.1 Å². The molecule has 2 atom stereocenters. The highest BCUT2D eigenvalue weighted by Crippen LogP contribution is 1.91. The lowest BCUT2D eigenvalue weighted by Crippen LogP contribution is -2.30. The molecule has 0 bridgehead atoms. The molecule has 0 heterocycles. The van der Waals surface area contributed by atoms with Gasteiger partial charge >= 0.3 is 11.9 Å². The molecule has 0 aliphatic rings. The maximum Gasteiger partial charge on any atom is 0.320 e. The normalized spacial score (nSPS) is 12.0. The lowest BCUT2D eigenvalue weighted by molar-refractivity contribution is -0.139. The van der Waals surface area contributed by atoms with Crippen molar-refractivity contribution in [3.05, 3.63) is 0 Å². The molecule has 0 fully saturated rings. The largest absolute Gasteiger partial charge is 0.480 e. The topological polar surface area (TPSA) is 196 Å². The third kappa shape index (κ3) is 18.8. The molecule has 20 heavy (non-hydrogen) atoms. The zero-order chi connectivity index (χ0) is 16.6. The van der Waals surface area contributed by atoms with Crippen LogP contribution >= 0.6 is 0 Å². The standard InChI is InChI=1S/2C5H12N2O2.CH2O/c2*6-3-1-2-4(7)5(8)9;1-2/h2*4H,1-3,6-7H2,(H,8,9);1H2/t2*4-;/m11./s1. The van der Waals surface area contributed by atoms with Crippen LogP contribution in [0.1, 0.15) is 25.7 Å². The molecule has 9 nitrogen and oxygen atoms in total. The molecule has 0 saturated carbocycles. The number of carboxylic acid groups (broad SMARTS) is 2. The van der Waals surface area contributed by atoms with Crippen molar-refractivity contribution in [1.82, 2.24) is 0 Å². The Balaban J connectivity index is -0.000000257. The molecule has 0 aliphatic carbocycles. The summed E-state index contributed by atoms with van der Waals surface area (Å²) < 4.78 is 0. The van der Waals surface area contributed by atoms with E-state index in [1.807, 2.05) is 6.79 Å². The molecule has 0 saturated heterocycles. The predicted octanol–water partition coefficient (Wildman–Crippen LogP) is -1.91. The van der Waals surface area contributed by atoms with Crippen molar-refractivity contribution in [3.63, 3.8) is 0 Å². The van der Waals surface area contributed by atoms with Crippen LogP contribution in [0.2, 0.25) is 0 Å². The summed E-state index contributed by atoms with van der Waals surface area (Å²) in [6.07, 6.45) is 2.28. The zero-order valence-corrected chi connectivity index (χ0v) is 11.5. The van der Waals surface area contributed by atoms with E-state index in [1.54, 1.807) is 0 Å². The van der Waals surface area contributed by atoms with Gasteiger partial charge < -0.3 is 37.9 Å². The molecule has 0 aromatic heterocycles. The molecular formula is C11H26N4O5. The van der Waals surface area contributed by atoms with Crippen LogP contribution in [0, 0.1) is 0 Å². The number of aliphatic carboxylic acids is 2. The number of rotatable bonds is 8. The molecule has 120 valence electrons. The monoisotopic (exact) mass is 294 g/mol. The third-order valence-corrected chi connectivity index (χ3v) is 2.07. The first-order valence-electron chi connectivity index (χ1n) is 6.02. The first-order chi connectivity index (χ1) is 9.36. The van der Waals surface area contributed by atoms with Gasteiger partial charge in [-0.05, 0) is 38.8 Å². The lowest BCUT2D eigenvalue weighted by Gasteiger charge is -2.02. The Labute approximate surface area is 118 Å². The van der Waals surface area contributed by atoms with E-state index in [9.17, 15) is 9.59 Å². The molecule has 9 heteroatoms. The van der Waals surface area contributed by atoms with Crippen LogP contribution < -0.4 is 22.9 Å². The van der Waals surface area contributed by atoms with Crippen LogP contribution in [0.25, 0.3) is 0 Å². The Hall–Kier alpha value is -1.55. The number of carbonyl (C=O) groups is 3. The van der Waals surface area contributed by atoms with E-state index in [0.29, 0.717) is 38.8 Å². The van der Waals surface area contributed by atoms with Gasteiger partial charge in [0.15, 0.2) is 0 Å². The van der Waals surface area contributed by atoms with Crippen molar-refractivity contribution >= 4 is 18.7 Å². The number of hydrogen-bond donors (Lipinski definition) is 6. The van der Waals surface area contributed by atoms with Gasteiger partial charge in [-0.15, -0.1) is 0 Å². The van der Waals surface area contributed by atoms with Gasteiger partial charge in [0.05, 0.1) is 0 Å². The van der Waals surface area contributed by atoms with E-state index in [-0.39, 0.29) is 0 Å². The smallest absolute Gasteiger partial charge is 0.320 e. The summed E-state index contributed by atoms with van der Waals surface area (Å²) in [5.74, 6) is -1.91. The minimum atomic E-state index is -0.955. The van der Waals surface area contributed by atoms with E-state index < -0.39 is 24.0 Å². The Morgan fingerprint density at radius 1 is 0.850 bits per heavy atom. The van der Waals surface area contributed by atoms with E-state index in [0.717, 1.165) is 0 Å². The molecule has 0 amide bonds. The molecular weight excluding hydrogens is 268 g/mol. The highest BCUT2D eigenvalue weighted by atomic mass is 16.4. The predicted molar refractivity (Wildman–Crippen MR) is 74.9 cm³/mol. The summed E-state index contributed by atoms with van der Waals surface area (Å²) >= 11 is 0.